The first-order valence-corrected chi connectivity index (χ1v) is 15.0. The van der Waals surface area contributed by atoms with Crippen molar-refractivity contribution >= 4 is 21.6 Å². The maximum absolute atomic E-state index is 12.5. The van der Waals surface area contributed by atoms with E-state index in [0.29, 0.717) is 72.7 Å². The molecule has 2 rings (SSSR count). The van der Waals surface area contributed by atoms with E-state index >= 15 is 0 Å². The number of rotatable bonds is 15. The predicted molar refractivity (Wildman–Crippen MR) is 142 cm³/mol. The van der Waals surface area contributed by atoms with Crippen LogP contribution in [0.4, 0.5) is 0 Å². The van der Waals surface area contributed by atoms with Gasteiger partial charge in [-0.3, -0.25) is 18.0 Å². The van der Waals surface area contributed by atoms with Crippen molar-refractivity contribution in [1.82, 2.24) is 0 Å². The molecule has 0 aromatic carbocycles. The molecule has 0 aliphatic heterocycles. The summed E-state index contributed by atoms with van der Waals surface area (Å²) in [5.41, 5.74) is -0.291. The minimum absolute atomic E-state index is 0.149. The highest BCUT2D eigenvalue weighted by Gasteiger charge is 2.22. The van der Waals surface area contributed by atoms with Crippen molar-refractivity contribution in [2.75, 3.05) is 23.0 Å². The molecule has 0 radical (unpaired) electrons. The van der Waals surface area contributed by atoms with Gasteiger partial charge in [-0.05, 0) is 49.4 Å². The largest absolute Gasteiger partial charge is 0.502 e. The molecule has 0 saturated carbocycles. The fourth-order valence-electron chi connectivity index (χ4n) is 3.62. The van der Waals surface area contributed by atoms with Crippen LogP contribution in [0.1, 0.15) is 64.5 Å². The summed E-state index contributed by atoms with van der Waals surface area (Å²) in [6, 6.07) is 0. The van der Waals surface area contributed by atoms with Gasteiger partial charge in [0.25, 0.3) is 0 Å². The first-order valence-electron chi connectivity index (χ1n) is 12.1. The summed E-state index contributed by atoms with van der Waals surface area (Å²) < 4.78 is 35.0. The third-order valence-electron chi connectivity index (χ3n) is 6.52. The Morgan fingerprint density at radius 1 is 0.639 bits per heavy atom. The van der Waals surface area contributed by atoms with Crippen LogP contribution in [-0.2, 0) is 34.4 Å². The Labute approximate surface area is 217 Å². The third-order valence-corrected chi connectivity index (χ3v) is 9.42. The highest BCUT2D eigenvalue weighted by atomic mass is 32.2. The van der Waals surface area contributed by atoms with Crippen LogP contribution in [0.3, 0.4) is 0 Å². The van der Waals surface area contributed by atoms with Gasteiger partial charge in [0.1, 0.15) is 12.5 Å². The van der Waals surface area contributed by atoms with E-state index < -0.39 is 44.0 Å². The van der Waals surface area contributed by atoms with Gasteiger partial charge < -0.3 is 19.0 Å². The number of hydrogen-bond donors (Lipinski definition) is 2. The zero-order chi connectivity index (χ0) is 26.9. The van der Waals surface area contributed by atoms with Crippen LogP contribution < -0.4 is 10.9 Å². The van der Waals surface area contributed by atoms with Crippen molar-refractivity contribution in [1.29, 1.82) is 0 Å². The predicted octanol–water partition coefficient (Wildman–Crippen LogP) is 3.90. The summed E-state index contributed by atoms with van der Waals surface area (Å²) >= 11 is 0. The molecule has 2 heterocycles. The third kappa shape index (κ3) is 10.0. The molecular weight excluding hydrogens is 504 g/mol. The van der Waals surface area contributed by atoms with Gasteiger partial charge in [0.2, 0.25) is 10.9 Å². The van der Waals surface area contributed by atoms with E-state index in [2.05, 4.69) is 27.7 Å². The van der Waals surface area contributed by atoms with Gasteiger partial charge in [-0.2, -0.15) is 0 Å². The molecule has 0 aliphatic carbocycles. The molecule has 0 fully saturated rings. The van der Waals surface area contributed by atoms with E-state index in [1.54, 1.807) is 0 Å². The van der Waals surface area contributed by atoms with Gasteiger partial charge >= 0.3 is 0 Å². The second kappa shape index (κ2) is 13.4. The summed E-state index contributed by atoms with van der Waals surface area (Å²) in [6.45, 7) is 8.20. The molecule has 2 N–H and O–H groups in total. The van der Waals surface area contributed by atoms with Crippen LogP contribution in [0.5, 0.6) is 11.5 Å². The molecule has 2 unspecified atom stereocenters. The van der Waals surface area contributed by atoms with E-state index in [1.807, 2.05) is 0 Å². The molecule has 36 heavy (non-hydrogen) atoms. The van der Waals surface area contributed by atoms with Crippen molar-refractivity contribution < 1.29 is 27.5 Å². The fourth-order valence-corrected chi connectivity index (χ4v) is 7.07. The van der Waals surface area contributed by atoms with Crippen molar-refractivity contribution in [3.8, 4) is 11.5 Å². The monoisotopic (exact) mass is 542 g/mol. The van der Waals surface area contributed by atoms with E-state index in [-0.39, 0.29) is 10.8 Å². The number of aromatic hydroxyl groups is 2. The minimum atomic E-state index is -1.08. The van der Waals surface area contributed by atoms with Gasteiger partial charge in [0.15, 0.2) is 11.5 Å². The molecular formula is C26H38O8S2. The minimum Gasteiger partial charge on any atom is -0.502 e. The van der Waals surface area contributed by atoms with Crippen LogP contribution in [0.25, 0.3) is 0 Å². The molecule has 2 aromatic rings. The van der Waals surface area contributed by atoms with Gasteiger partial charge in [0.05, 0.1) is 12.5 Å². The van der Waals surface area contributed by atoms with Gasteiger partial charge in [-0.15, -0.1) is 0 Å². The average Bonchev–Trinajstić information content (AvgIpc) is 2.82. The van der Waals surface area contributed by atoms with Crippen molar-refractivity contribution in [2.45, 2.75) is 66.2 Å². The smallest absolute Gasteiger partial charge is 0.229 e. The SMILES string of the molecule is CC(C)(CCc1cocc(O)c1=O)CCS(=O)CCS(=O)CCC(C)(C)CCc1cocc(O)c1=O. The van der Waals surface area contributed by atoms with Gasteiger partial charge in [-0.25, -0.2) is 0 Å². The number of hydrogen-bond acceptors (Lipinski definition) is 8. The second-order valence-corrected chi connectivity index (χ2v) is 14.1. The first-order chi connectivity index (χ1) is 16.8. The van der Waals surface area contributed by atoms with E-state index in [1.165, 1.54) is 12.5 Å². The zero-order valence-corrected chi connectivity index (χ0v) is 23.2. The second-order valence-electron chi connectivity index (χ2n) is 10.7. The lowest BCUT2D eigenvalue weighted by Crippen LogP contribution is -2.22. The summed E-state index contributed by atoms with van der Waals surface area (Å²) in [6.07, 6.45) is 8.45. The number of aryl methyl sites for hydroxylation is 2. The molecule has 8 nitrogen and oxygen atoms in total. The van der Waals surface area contributed by atoms with Crippen LogP contribution in [0.2, 0.25) is 0 Å². The lowest BCUT2D eigenvalue weighted by molar-refractivity contribution is 0.321. The van der Waals surface area contributed by atoms with Gasteiger partial charge in [-0.1, -0.05) is 27.7 Å². The zero-order valence-electron chi connectivity index (χ0n) is 21.5. The van der Waals surface area contributed by atoms with Crippen LogP contribution >= 0.6 is 0 Å². The molecule has 0 saturated heterocycles. The Morgan fingerprint density at radius 2 is 1.00 bits per heavy atom. The lowest BCUT2D eigenvalue weighted by atomic mass is 9.84. The maximum atomic E-state index is 12.5. The normalized spacial score (nSPS) is 14.0. The van der Waals surface area contributed by atoms with Crippen LogP contribution in [0, 0.1) is 10.8 Å². The van der Waals surface area contributed by atoms with E-state index in [4.69, 9.17) is 8.83 Å². The molecule has 0 spiro atoms. The molecule has 0 amide bonds. The van der Waals surface area contributed by atoms with E-state index in [9.17, 15) is 28.2 Å². The molecule has 2 atom stereocenters. The average molecular weight is 543 g/mol. The van der Waals surface area contributed by atoms with Crippen molar-refractivity contribution in [2.24, 2.45) is 10.8 Å². The highest BCUT2D eigenvalue weighted by molar-refractivity contribution is 7.88. The highest BCUT2D eigenvalue weighted by Crippen LogP contribution is 2.28. The lowest BCUT2D eigenvalue weighted by Gasteiger charge is -2.24. The molecule has 10 heteroatoms. The Bertz CT molecular complexity index is 1070. The summed E-state index contributed by atoms with van der Waals surface area (Å²) in [5, 5.41) is 19.0. The summed E-state index contributed by atoms with van der Waals surface area (Å²) in [5.74, 6) is 0.958. The summed E-state index contributed by atoms with van der Waals surface area (Å²) in [7, 11) is -2.17. The standard InChI is InChI=1S/C26H38O8S2/c1-25(2,7-5-19-15-33-17-21(27)23(19)29)9-11-35(31)13-14-36(32)12-10-26(3,4)8-6-20-16-34-18-22(28)24(20)30/h15-18,27-28H,5-14H2,1-4H3. The Morgan fingerprint density at radius 3 is 1.36 bits per heavy atom. The molecule has 0 bridgehead atoms. The Kier molecular flexibility index (Phi) is 11.2. The van der Waals surface area contributed by atoms with Crippen LogP contribution in [0.15, 0.2) is 43.5 Å². The van der Waals surface area contributed by atoms with E-state index in [0.717, 1.165) is 12.5 Å². The Balaban J connectivity index is 1.69. The Hall–Kier alpha value is -2.20. The van der Waals surface area contributed by atoms with Crippen molar-refractivity contribution in [3.05, 3.63) is 56.6 Å². The molecule has 0 aliphatic rings. The van der Waals surface area contributed by atoms with Crippen molar-refractivity contribution in [3.63, 3.8) is 0 Å². The maximum Gasteiger partial charge on any atom is 0.229 e. The molecule has 202 valence electrons. The first kappa shape index (κ1) is 30.0. The fraction of sp³-hybridized carbons (Fsp3) is 0.615. The summed E-state index contributed by atoms with van der Waals surface area (Å²) in [4.78, 5) is 23.9. The van der Waals surface area contributed by atoms with Crippen LogP contribution in [-0.4, -0.2) is 41.6 Å². The van der Waals surface area contributed by atoms with Gasteiger partial charge in [0, 0.05) is 55.7 Å². The quantitative estimate of drug-likeness (QED) is 0.346. The topological polar surface area (TPSA) is 135 Å². The molecule has 2 aromatic heterocycles.